The van der Waals surface area contributed by atoms with Crippen LogP contribution in [-0.2, 0) is 21.1 Å². The number of benzene rings is 2. The predicted octanol–water partition coefficient (Wildman–Crippen LogP) is 2.65. The summed E-state index contributed by atoms with van der Waals surface area (Å²) < 4.78 is 38.7. The van der Waals surface area contributed by atoms with Crippen molar-refractivity contribution >= 4 is 37.4 Å². The molecule has 2 fully saturated rings. The smallest absolute Gasteiger partial charge is 0.241 e. The first kappa shape index (κ1) is 19.5. The number of sulfone groups is 1. The summed E-state index contributed by atoms with van der Waals surface area (Å²) in [5.41, 5.74) is 1.68. The Kier molecular flexibility index (Phi) is 5.28. The van der Waals surface area contributed by atoms with Crippen molar-refractivity contribution in [3.8, 4) is 0 Å². The van der Waals surface area contributed by atoms with Crippen molar-refractivity contribution in [3.05, 3.63) is 64.4 Å². The standard InChI is InChI=1S/C20H20BrFN2O3S/c21-15-3-7-17(8-4-15)24-19-13-28(26,27)12-18(19)23(11-20(24)25)10-9-14-1-5-16(22)6-2-14/h1-8,18-19H,9-13H2/t18-,19-/m0/s1. The van der Waals surface area contributed by atoms with Gasteiger partial charge in [0.2, 0.25) is 5.91 Å². The van der Waals surface area contributed by atoms with Crippen LogP contribution < -0.4 is 4.90 Å². The zero-order valence-corrected chi connectivity index (χ0v) is 17.5. The van der Waals surface area contributed by atoms with Crippen molar-refractivity contribution in [2.75, 3.05) is 29.5 Å². The number of hydrogen-bond donors (Lipinski definition) is 0. The molecule has 0 bridgehead atoms. The summed E-state index contributed by atoms with van der Waals surface area (Å²) in [5.74, 6) is -0.350. The highest BCUT2D eigenvalue weighted by molar-refractivity contribution is 9.10. The van der Waals surface area contributed by atoms with Crippen molar-refractivity contribution in [3.63, 3.8) is 0 Å². The molecule has 8 heteroatoms. The number of rotatable bonds is 4. The number of nitrogens with zero attached hydrogens (tertiary/aromatic N) is 2. The van der Waals surface area contributed by atoms with Crippen molar-refractivity contribution in [2.45, 2.75) is 18.5 Å². The summed E-state index contributed by atoms with van der Waals surface area (Å²) in [5, 5.41) is 0. The molecule has 2 atom stereocenters. The largest absolute Gasteiger partial charge is 0.306 e. The second-order valence-electron chi connectivity index (χ2n) is 7.30. The van der Waals surface area contributed by atoms with Gasteiger partial charge >= 0.3 is 0 Å². The average molecular weight is 467 g/mol. The second-order valence-corrected chi connectivity index (χ2v) is 10.4. The maximum Gasteiger partial charge on any atom is 0.241 e. The number of piperazine rings is 1. The van der Waals surface area contributed by atoms with E-state index in [0.717, 1.165) is 15.7 Å². The Morgan fingerprint density at radius 2 is 1.64 bits per heavy atom. The Bertz CT molecular complexity index is 980. The van der Waals surface area contributed by atoms with Crippen LogP contribution in [0.15, 0.2) is 53.0 Å². The molecule has 0 saturated carbocycles. The van der Waals surface area contributed by atoms with Gasteiger partial charge in [-0.15, -0.1) is 0 Å². The van der Waals surface area contributed by atoms with Gasteiger partial charge in [0.15, 0.2) is 9.84 Å². The van der Waals surface area contributed by atoms with Crippen molar-refractivity contribution < 1.29 is 17.6 Å². The molecule has 0 N–H and O–H groups in total. The van der Waals surface area contributed by atoms with E-state index in [0.29, 0.717) is 13.0 Å². The molecular weight excluding hydrogens is 447 g/mol. The fraction of sp³-hybridized carbons (Fsp3) is 0.350. The summed E-state index contributed by atoms with van der Waals surface area (Å²) in [7, 11) is -3.22. The Morgan fingerprint density at radius 1 is 1.00 bits per heavy atom. The van der Waals surface area contributed by atoms with E-state index in [4.69, 9.17) is 0 Å². The van der Waals surface area contributed by atoms with E-state index in [-0.39, 0.29) is 41.9 Å². The fourth-order valence-electron chi connectivity index (χ4n) is 4.06. The SMILES string of the molecule is O=C1CN(CCc2ccc(F)cc2)[C@H]2CS(=O)(=O)C[C@@H]2N1c1ccc(Br)cc1. The van der Waals surface area contributed by atoms with Crippen LogP contribution in [0.4, 0.5) is 10.1 Å². The molecule has 0 aromatic heterocycles. The summed E-state index contributed by atoms with van der Waals surface area (Å²) in [6.45, 7) is 0.732. The van der Waals surface area contributed by atoms with Gasteiger partial charge in [-0.1, -0.05) is 28.1 Å². The lowest BCUT2D eigenvalue weighted by molar-refractivity contribution is -0.123. The lowest BCUT2D eigenvalue weighted by Gasteiger charge is -2.43. The molecule has 2 aromatic rings. The van der Waals surface area contributed by atoms with Crippen molar-refractivity contribution in [1.82, 2.24) is 4.90 Å². The van der Waals surface area contributed by atoms with E-state index in [9.17, 15) is 17.6 Å². The molecule has 2 heterocycles. The third kappa shape index (κ3) is 3.99. The molecule has 5 nitrogen and oxygen atoms in total. The number of carbonyl (C=O) groups is 1. The van der Waals surface area contributed by atoms with Crippen LogP contribution in [-0.4, -0.2) is 55.9 Å². The van der Waals surface area contributed by atoms with Crippen LogP contribution in [0.3, 0.4) is 0 Å². The summed E-state index contributed by atoms with van der Waals surface area (Å²) in [6.07, 6.45) is 0.634. The highest BCUT2D eigenvalue weighted by Gasteiger charge is 2.49. The number of amides is 1. The minimum atomic E-state index is -3.22. The van der Waals surface area contributed by atoms with E-state index in [2.05, 4.69) is 15.9 Å². The molecule has 1 amide bonds. The van der Waals surface area contributed by atoms with Crippen LogP contribution in [0.5, 0.6) is 0 Å². The summed E-state index contributed by atoms with van der Waals surface area (Å²) >= 11 is 3.38. The van der Waals surface area contributed by atoms with Crippen LogP contribution in [0, 0.1) is 5.82 Å². The van der Waals surface area contributed by atoms with Gasteiger partial charge in [0.05, 0.1) is 24.1 Å². The second kappa shape index (κ2) is 7.57. The first-order valence-corrected chi connectivity index (χ1v) is 11.7. The van der Waals surface area contributed by atoms with Gasteiger partial charge in [-0.05, 0) is 48.4 Å². The van der Waals surface area contributed by atoms with Crippen LogP contribution in [0.1, 0.15) is 5.56 Å². The predicted molar refractivity (Wildman–Crippen MR) is 110 cm³/mol. The Balaban J connectivity index is 1.57. The van der Waals surface area contributed by atoms with E-state index in [1.807, 2.05) is 29.2 Å². The Labute approximate surface area is 172 Å². The van der Waals surface area contributed by atoms with Gasteiger partial charge in [-0.2, -0.15) is 0 Å². The van der Waals surface area contributed by atoms with Gasteiger partial charge in [0.1, 0.15) is 5.82 Å². The Hall–Kier alpha value is -1.77. The van der Waals surface area contributed by atoms with E-state index < -0.39 is 9.84 Å². The number of hydrogen-bond acceptors (Lipinski definition) is 4. The van der Waals surface area contributed by atoms with E-state index in [1.165, 1.54) is 12.1 Å². The zero-order chi connectivity index (χ0) is 19.9. The van der Waals surface area contributed by atoms with Crippen LogP contribution >= 0.6 is 15.9 Å². The molecule has 2 aliphatic heterocycles. The molecule has 0 spiro atoms. The molecular formula is C20H20BrFN2O3S. The van der Waals surface area contributed by atoms with Gasteiger partial charge in [0.25, 0.3) is 0 Å². The molecule has 28 heavy (non-hydrogen) atoms. The molecule has 2 saturated heterocycles. The zero-order valence-electron chi connectivity index (χ0n) is 15.1. The number of anilines is 1. The average Bonchev–Trinajstić information content (AvgIpc) is 2.97. The normalized spacial score (nSPS) is 24.4. The third-order valence-electron chi connectivity index (χ3n) is 5.41. The minimum Gasteiger partial charge on any atom is -0.306 e. The van der Waals surface area contributed by atoms with Gasteiger partial charge in [0, 0.05) is 22.7 Å². The van der Waals surface area contributed by atoms with Gasteiger partial charge in [-0.3, -0.25) is 9.69 Å². The minimum absolute atomic E-state index is 0.0213. The lowest BCUT2D eigenvalue weighted by atomic mass is 10.0. The maximum absolute atomic E-state index is 13.1. The molecule has 4 rings (SSSR count). The number of halogens is 2. The van der Waals surface area contributed by atoms with Gasteiger partial charge < -0.3 is 4.90 Å². The third-order valence-corrected chi connectivity index (χ3v) is 7.63. The Morgan fingerprint density at radius 3 is 2.32 bits per heavy atom. The topological polar surface area (TPSA) is 57.7 Å². The van der Waals surface area contributed by atoms with Crippen molar-refractivity contribution in [2.24, 2.45) is 0 Å². The highest BCUT2D eigenvalue weighted by Crippen LogP contribution is 2.32. The highest BCUT2D eigenvalue weighted by atomic mass is 79.9. The lowest BCUT2D eigenvalue weighted by Crippen LogP contribution is -2.62. The summed E-state index contributed by atoms with van der Waals surface area (Å²) in [6, 6.07) is 13.0. The van der Waals surface area contributed by atoms with E-state index >= 15 is 0 Å². The molecule has 0 aliphatic carbocycles. The fourth-order valence-corrected chi connectivity index (χ4v) is 6.31. The number of fused-ring (bicyclic) bond motifs is 1. The van der Waals surface area contributed by atoms with Crippen molar-refractivity contribution in [1.29, 1.82) is 0 Å². The van der Waals surface area contributed by atoms with Gasteiger partial charge in [-0.25, -0.2) is 12.8 Å². The molecule has 2 aromatic carbocycles. The molecule has 148 valence electrons. The quantitative estimate of drug-likeness (QED) is 0.694. The molecule has 0 radical (unpaired) electrons. The van der Waals surface area contributed by atoms with E-state index in [1.54, 1.807) is 17.0 Å². The van der Waals surface area contributed by atoms with Crippen LogP contribution in [0.2, 0.25) is 0 Å². The first-order valence-electron chi connectivity index (χ1n) is 9.09. The first-order chi connectivity index (χ1) is 13.3. The molecule has 0 unspecified atom stereocenters. The molecule has 2 aliphatic rings. The number of carbonyl (C=O) groups excluding carboxylic acids is 1. The monoisotopic (exact) mass is 466 g/mol. The summed E-state index contributed by atoms with van der Waals surface area (Å²) in [4.78, 5) is 16.5. The van der Waals surface area contributed by atoms with Crippen LogP contribution in [0.25, 0.3) is 0 Å². The maximum atomic E-state index is 13.1.